The molecule has 0 atom stereocenters. The number of carbonyl (C=O) groups excluding carboxylic acids is 2. The molecule has 1 saturated heterocycles. The van der Waals surface area contributed by atoms with Gasteiger partial charge in [-0.2, -0.15) is 5.10 Å². The molecular weight excluding hydrogens is 308 g/mol. The topological polar surface area (TPSA) is 95.2 Å². The molecule has 1 fully saturated rings. The first-order chi connectivity index (χ1) is 11.6. The fourth-order valence-electron chi connectivity index (χ4n) is 2.68. The molecule has 0 bridgehead atoms. The summed E-state index contributed by atoms with van der Waals surface area (Å²) in [5, 5.41) is 8.56. The highest BCUT2D eigenvalue weighted by Gasteiger charge is 2.19. The molecule has 1 aromatic carbocycles. The summed E-state index contributed by atoms with van der Waals surface area (Å²) in [4.78, 5) is 37.6. The molecule has 3 rings (SSSR count). The van der Waals surface area contributed by atoms with Crippen LogP contribution in [0.2, 0.25) is 0 Å². The van der Waals surface area contributed by atoms with Gasteiger partial charge in [-0.1, -0.05) is 6.07 Å². The van der Waals surface area contributed by atoms with Crippen LogP contribution in [-0.4, -0.2) is 40.0 Å². The minimum atomic E-state index is -0.386. The number of likely N-dealkylation sites (tertiary alicyclic amines) is 1. The molecule has 2 aromatic rings. The summed E-state index contributed by atoms with van der Waals surface area (Å²) in [5.41, 5.74) is 0.520. The van der Waals surface area contributed by atoms with Gasteiger partial charge in [0.25, 0.3) is 17.4 Å². The molecule has 124 valence electrons. The lowest BCUT2D eigenvalue weighted by atomic mass is 10.1. The van der Waals surface area contributed by atoms with E-state index in [1.54, 1.807) is 24.3 Å². The van der Waals surface area contributed by atoms with Crippen LogP contribution in [0.25, 0.3) is 0 Å². The maximum Gasteiger partial charge on any atom is 0.264 e. The number of piperidine rings is 1. The van der Waals surface area contributed by atoms with Gasteiger partial charge in [0, 0.05) is 30.3 Å². The van der Waals surface area contributed by atoms with Gasteiger partial charge in [0.1, 0.15) is 0 Å². The molecule has 1 aliphatic rings. The van der Waals surface area contributed by atoms with E-state index in [4.69, 9.17) is 0 Å². The predicted octanol–water partition coefficient (Wildman–Crippen LogP) is 1.65. The Kier molecular flexibility index (Phi) is 4.69. The zero-order valence-electron chi connectivity index (χ0n) is 13.1. The van der Waals surface area contributed by atoms with Crippen LogP contribution in [0, 0.1) is 0 Å². The molecule has 2 heterocycles. The summed E-state index contributed by atoms with van der Waals surface area (Å²) in [6, 6.07) is 9.31. The van der Waals surface area contributed by atoms with E-state index in [0.717, 1.165) is 32.4 Å². The second kappa shape index (κ2) is 7.08. The fourth-order valence-corrected chi connectivity index (χ4v) is 2.68. The number of hydrogen-bond acceptors (Lipinski definition) is 4. The lowest BCUT2D eigenvalue weighted by Crippen LogP contribution is -2.35. The number of nitrogens with zero attached hydrogens (tertiary/aromatic N) is 2. The number of amides is 2. The molecule has 0 aliphatic carbocycles. The van der Waals surface area contributed by atoms with E-state index in [2.05, 4.69) is 15.5 Å². The average Bonchev–Trinajstić information content (AvgIpc) is 2.64. The van der Waals surface area contributed by atoms with Crippen LogP contribution < -0.4 is 10.9 Å². The Morgan fingerprint density at radius 3 is 2.50 bits per heavy atom. The number of hydrogen-bond donors (Lipinski definition) is 2. The summed E-state index contributed by atoms with van der Waals surface area (Å²) in [7, 11) is 0. The largest absolute Gasteiger partial charge is 0.339 e. The Morgan fingerprint density at radius 1 is 1.04 bits per heavy atom. The van der Waals surface area contributed by atoms with E-state index in [9.17, 15) is 14.4 Å². The number of aromatic nitrogens is 2. The van der Waals surface area contributed by atoms with Gasteiger partial charge < -0.3 is 10.2 Å². The fraction of sp³-hybridized carbons (Fsp3) is 0.294. The maximum atomic E-state index is 12.5. The van der Waals surface area contributed by atoms with Crippen LogP contribution in [0.3, 0.4) is 0 Å². The Hall–Kier alpha value is -2.96. The smallest absolute Gasteiger partial charge is 0.264 e. The third-order valence-corrected chi connectivity index (χ3v) is 3.94. The van der Waals surface area contributed by atoms with E-state index >= 15 is 0 Å². The van der Waals surface area contributed by atoms with E-state index < -0.39 is 0 Å². The van der Waals surface area contributed by atoms with Gasteiger partial charge in [0.2, 0.25) is 0 Å². The number of nitrogens with one attached hydrogen (secondary N) is 2. The van der Waals surface area contributed by atoms with Crippen LogP contribution in [0.4, 0.5) is 5.82 Å². The van der Waals surface area contributed by atoms with Crippen LogP contribution >= 0.6 is 0 Å². The average molecular weight is 326 g/mol. The van der Waals surface area contributed by atoms with E-state index in [1.165, 1.54) is 12.1 Å². The number of anilines is 1. The summed E-state index contributed by atoms with van der Waals surface area (Å²) in [6.07, 6.45) is 3.19. The third-order valence-electron chi connectivity index (χ3n) is 3.94. The molecule has 1 aromatic heterocycles. The molecule has 0 saturated carbocycles. The van der Waals surface area contributed by atoms with E-state index in [-0.39, 0.29) is 23.2 Å². The summed E-state index contributed by atoms with van der Waals surface area (Å²) in [6.45, 7) is 1.52. The van der Waals surface area contributed by atoms with Crippen molar-refractivity contribution in [2.45, 2.75) is 19.3 Å². The van der Waals surface area contributed by atoms with Crippen molar-refractivity contribution in [1.82, 2.24) is 15.1 Å². The van der Waals surface area contributed by atoms with Crippen molar-refractivity contribution in [3.8, 4) is 0 Å². The van der Waals surface area contributed by atoms with Crippen molar-refractivity contribution < 1.29 is 9.59 Å². The summed E-state index contributed by atoms with van der Waals surface area (Å²) in [5.74, 6) is -0.193. The Labute approximate surface area is 138 Å². The molecule has 24 heavy (non-hydrogen) atoms. The Bertz CT molecular complexity index is 789. The van der Waals surface area contributed by atoms with E-state index in [1.807, 2.05) is 4.90 Å². The zero-order chi connectivity index (χ0) is 16.9. The molecule has 0 unspecified atom stereocenters. The van der Waals surface area contributed by atoms with Crippen LogP contribution in [0.5, 0.6) is 0 Å². The Morgan fingerprint density at radius 2 is 1.79 bits per heavy atom. The normalized spacial score (nSPS) is 14.2. The molecule has 2 N–H and O–H groups in total. The molecule has 7 heteroatoms. The molecule has 0 radical (unpaired) electrons. The first kappa shape index (κ1) is 15.9. The monoisotopic (exact) mass is 326 g/mol. The first-order valence-electron chi connectivity index (χ1n) is 7.90. The molecule has 0 spiro atoms. The lowest BCUT2D eigenvalue weighted by Gasteiger charge is -2.26. The number of benzene rings is 1. The number of rotatable bonds is 3. The third kappa shape index (κ3) is 3.68. The number of aromatic amines is 1. The van der Waals surface area contributed by atoms with Gasteiger partial charge in [0.05, 0.1) is 0 Å². The van der Waals surface area contributed by atoms with Gasteiger partial charge in [-0.25, -0.2) is 5.10 Å². The van der Waals surface area contributed by atoms with Crippen molar-refractivity contribution in [1.29, 1.82) is 0 Å². The van der Waals surface area contributed by atoms with Crippen LogP contribution in [0.1, 0.15) is 40.0 Å². The van der Waals surface area contributed by atoms with E-state index in [0.29, 0.717) is 11.1 Å². The van der Waals surface area contributed by atoms with Crippen LogP contribution in [-0.2, 0) is 0 Å². The minimum Gasteiger partial charge on any atom is -0.339 e. The highest BCUT2D eigenvalue weighted by molar-refractivity contribution is 6.05. The van der Waals surface area contributed by atoms with Crippen molar-refractivity contribution in [2.75, 3.05) is 18.4 Å². The number of H-pyrrole nitrogens is 1. The second-order valence-electron chi connectivity index (χ2n) is 5.69. The maximum absolute atomic E-state index is 12.5. The SMILES string of the molecule is O=C(Nc1ccc(=O)[nH]n1)c1cccc(C(=O)N2CCCCC2)c1. The van der Waals surface area contributed by atoms with Gasteiger partial charge in [0.15, 0.2) is 5.82 Å². The summed E-state index contributed by atoms with van der Waals surface area (Å²) >= 11 is 0. The van der Waals surface area contributed by atoms with Crippen molar-refractivity contribution in [3.63, 3.8) is 0 Å². The second-order valence-corrected chi connectivity index (χ2v) is 5.69. The van der Waals surface area contributed by atoms with Gasteiger partial charge in [-0.15, -0.1) is 0 Å². The van der Waals surface area contributed by atoms with Crippen molar-refractivity contribution in [2.24, 2.45) is 0 Å². The zero-order valence-corrected chi connectivity index (χ0v) is 13.1. The van der Waals surface area contributed by atoms with Crippen molar-refractivity contribution in [3.05, 3.63) is 57.9 Å². The quantitative estimate of drug-likeness (QED) is 0.896. The number of carbonyl (C=O) groups is 2. The van der Waals surface area contributed by atoms with Gasteiger partial charge in [-0.3, -0.25) is 14.4 Å². The van der Waals surface area contributed by atoms with Crippen LogP contribution in [0.15, 0.2) is 41.2 Å². The highest BCUT2D eigenvalue weighted by Crippen LogP contribution is 2.15. The molecule has 1 aliphatic heterocycles. The molecule has 7 nitrogen and oxygen atoms in total. The standard InChI is InChI=1S/C17H18N4O3/c22-15-8-7-14(19-20-15)18-16(23)12-5-4-6-13(11-12)17(24)21-9-2-1-3-10-21/h4-8,11H,1-3,9-10H2,(H,20,22)(H,18,19,23). The lowest BCUT2D eigenvalue weighted by molar-refractivity contribution is 0.0724. The molecular formula is C17H18N4O3. The first-order valence-corrected chi connectivity index (χ1v) is 7.90. The minimum absolute atomic E-state index is 0.0495. The Balaban J connectivity index is 1.74. The van der Waals surface area contributed by atoms with Gasteiger partial charge in [-0.05, 0) is 43.5 Å². The van der Waals surface area contributed by atoms with Crippen molar-refractivity contribution >= 4 is 17.6 Å². The predicted molar refractivity (Wildman–Crippen MR) is 89.0 cm³/mol. The van der Waals surface area contributed by atoms with Gasteiger partial charge >= 0.3 is 0 Å². The summed E-state index contributed by atoms with van der Waals surface area (Å²) < 4.78 is 0. The molecule has 2 amide bonds. The highest BCUT2D eigenvalue weighted by atomic mass is 16.2.